The zero-order valence-electron chi connectivity index (χ0n) is 5.75. The number of ether oxygens (including phenoxy) is 2. The zero-order chi connectivity index (χ0) is 7.40. The van der Waals surface area contributed by atoms with E-state index < -0.39 is 0 Å². The van der Waals surface area contributed by atoms with Crippen LogP contribution in [0.2, 0.25) is 0 Å². The van der Waals surface area contributed by atoms with Gasteiger partial charge in [0.1, 0.15) is 0 Å². The first kappa shape index (κ1) is 8.24. The van der Waals surface area contributed by atoms with Gasteiger partial charge in [0.2, 0.25) is 0 Å². The lowest BCUT2D eigenvalue weighted by atomic mass is 10.4. The summed E-state index contributed by atoms with van der Waals surface area (Å²) in [6.45, 7) is 4.90. The van der Waals surface area contributed by atoms with Crippen LogP contribution in [0.3, 0.4) is 0 Å². The molecule has 0 amide bonds. The Kier molecular flexibility index (Phi) is 3.39. The first-order valence-corrected chi connectivity index (χ1v) is 4.24. The lowest BCUT2D eigenvalue weighted by molar-refractivity contribution is -0.0978. The SMILES string of the molecule is C=CCO[C@H]1OCC[C@@H]1Br. The standard InChI is InChI=1S/C7H11BrO2/c1-2-4-9-7-6(8)3-5-10-7/h2,6-7H,1,3-5H2/t6-,7-/m0/s1. The van der Waals surface area contributed by atoms with Gasteiger partial charge in [-0.3, -0.25) is 0 Å². The first-order chi connectivity index (χ1) is 4.84. The minimum Gasteiger partial charge on any atom is -0.351 e. The summed E-state index contributed by atoms with van der Waals surface area (Å²) >= 11 is 3.45. The second-order valence-electron chi connectivity index (χ2n) is 2.17. The molecular formula is C7H11BrO2. The van der Waals surface area contributed by atoms with Crippen LogP contribution in [0.1, 0.15) is 6.42 Å². The van der Waals surface area contributed by atoms with Gasteiger partial charge in [-0.25, -0.2) is 0 Å². The highest BCUT2D eigenvalue weighted by atomic mass is 79.9. The van der Waals surface area contributed by atoms with Crippen molar-refractivity contribution >= 4 is 15.9 Å². The Labute approximate surface area is 69.3 Å². The molecule has 0 aliphatic carbocycles. The van der Waals surface area contributed by atoms with Crippen LogP contribution >= 0.6 is 15.9 Å². The van der Waals surface area contributed by atoms with Crippen LogP contribution in [-0.4, -0.2) is 24.3 Å². The van der Waals surface area contributed by atoms with E-state index >= 15 is 0 Å². The Bertz CT molecular complexity index is 116. The fourth-order valence-electron chi connectivity index (χ4n) is 0.853. The van der Waals surface area contributed by atoms with Gasteiger partial charge in [-0.2, -0.15) is 0 Å². The number of rotatable bonds is 3. The smallest absolute Gasteiger partial charge is 0.170 e. The molecule has 0 aromatic rings. The average Bonchev–Trinajstić information content (AvgIpc) is 2.31. The van der Waals surface area contributed by atoms with E-state index in [1.54, 1.807) is 6.08 Å². The van der Waals surface area contributed by atoms with Crippen LogP contribution in [0.15, 0.2) is 12.7 Å². The third kappa shape index (κ3) is 2.08. The second kappa shape index (κ2) is 4.11. The van der Waals surface area contributed by atoms with Crippen LogP contribution in [0, 0.1) is 0 Å². The highest BCUT2D eigenvalue weighted by molar-refractivity contribution is 9.09. The molecule has 58 valence electrons. The van der Waals surface area contributed by atoms with Crippen molar-refractivity contribution in [1.82, 2.24) is 0 Å². The molecule has 0 radical (unpaired) electrons. The maximum absolute atomic E-state index is 5.28. The molecule has 1 saturated heterocycles. The summed E-state index contributed by atoms with van der Waals surface area (Å²) in [5, 5.41) is 0. The van der Waals surface area contributed by atoms with E-state index in [-0.39, 0.29) is 6.29 Å². The maximum Gasteiger partial charge on any atom is 0.170 e. The fourth-order valence-corrected chi connectivity index (χ4v) is 1.34. The van der Waals surface area contributed by atoms with Crippen molar-refractivity contribution in [2.75, 3.05) is 13.2 Å². The van der Waals surface area contributed by atoms with Gasteiger partial charge in [0.05, 0.1) is 18.0 Å². The normalized spacial score (nSPS) is 32.5. The van der Waals surface area contributed by atoms with E-state index in [0.29, 0.717) is 11.4 Å². The summed E-state index contributed by atoms with van der Waals surface area (Å²) in [5.74, 6) is 0. The molecule has 1 heterocycles. The summed E-state index contributed by atoms with van der Waals surface area (Å²) < 4.78 is 10.5. The highest BCUT2D eigenvalue weighted by Crippen LogP contribution is 2.21. The van der Waals surface area contributed by atoms with Gasteiger partial charge in [-0.15, -0.1) is 6.58 Å². The minimum absolute atomic E-state index is 0.0713. The molecule has 1 aliphatic heterocycles. The van der Waals surface area contributed by atoms with E-state index in [2.05, 4.69) is 22.5 Å². The Balaban J connectivity index is 2.19. The number of hydrogen-bond acceptors (Lipinski definition) is 2. The minimum atomic E-state index is -0.0713. The van der Waals surface area contributed by atoms with Crippen molar-refractivity contribution in [2.45, 2.75) is 17.5 Å². The topological polar surface area (TPSA) is 18.5 Å². The van der Waals surface area contributed by atoms with Crippen LogP contribution in [0.4, 0.5) is 0 Å². The van der Waals surface area contributed by atoms with E-state index in [4.69, 9.17) is 9.47 Å². The second-order valence-corrected chi connectivity index (χ2v) is 3.34. The predicted octanol–water partition coefficient (Wildman–Crippen LogP) is 1.70. The monoisotopic (exact) mass is 206 g/mol. The lowest BCUT2D eigenvalue weighted by Crippen LogP contribution is -2.19. The molecular weight excluding hydrogens is 196 g/mol. The van der Waals surface area contributed by atoms with Gasteiger partial charge in [0, 0.05) is 0 Å². The summed E-state index contributed by atoms with van der Waals surface area (Å²) in [6.07, 6.45) is 2.68. The molecule has 0 bridgehead atoms. The third-order valence-corrected chi connectivity index (χ3v) is 2.24. The van der Waals surface area contributed by atoms with E-state index in [1.165, 1.54) is 0 Å². The van der Waals surface area contributed by atoms with Gasteiger partial charge < -0.3 is 9.47 Å². The molecule has 0 unspecified atom stereocenters. The van der Waals surface area contributed by atoms with Crippen LogP contribution in [0.25, 0.3) is 0 Å². The molecule has 3 heteroatoms. The molecule has 0 spiro atoms. The highest BCUT2D eigenvalue weighted by Gasteiger charge is 2.25. The molecule has 0 saturated carbocycles. The average molecular weight is 207 g/mol. The predicted molar refractivity (Wildman–Crippen MR) is 43.2 cm³/mol. The molecule has 0 aromatic heterocycles. The largest absolute Gasteiger partial charge is 0.351 e. The van der Waals surface area contributed by atoms with E-state index in [0.717, 1.165) is 13.0 Å². The summed E-state index contributed by atoms with van der Waals surface area (Å²) in [5.41, 5.74) is 0. The maximum atomic E-state index is 5.28. The Hall–Kier alpha value is 0.140. The van der Waals surface area contributed by atoms with Crippen molar-refractivity contribution in [2.24, 2.45) is 0 Å². The third-order valence-electron chi connectivity index (χ3n) is 1.35. The van der Waals surface area contributed by atoms with Gasteiger partial charge in [-0.1, -0.05) is 22.0 Å². The van der Waals surface area contributed by atoms with Gasteiger partial charge >= 0.3 is 0 Å². The van der Waals surface area contributed by atoms with Gasteiger partial charge in [0.25, 0.3) is 0 Å². The fraction of sp³-hybridized carbons (Fsp3) is 0.714. The number of alkyl halides is 1. The summed E-state index contributed by atoms with van der Waals surface area (Å²) in [6, 6.07) is 0. The van der Waals surface area contributed by atoms with Crippen molar-refractivity contribution in [3.63, 3.8) is 0 Å². The Morgan fingerprint density at radius 1 is 1.80 bits per heavy atom. The van der Waals surface area contributed by atoms with Crippen LogP contribution in [0.5, 0.6) is 0 Å². The molecule has 1 fully saturated rings. The van der Waals surface area contributed by atoms with Crippen molar-refractivity contribution in [3.05, 3.63) is 12.7 Å². The summed E-state index contributed by atoms with van der Waals surface area (Å²) in [7, 11) is 0. The lowest BCUT2D eigenvalue weighted by Gasteiger charge is -2.12. The van der Waals surface area contributed by atoms with Crippen LogP contribution < -0.4 is 0 Å². The molecule has 2 nitrogen and oxygen atoms in total. The van der Waals surface area contributed by atoms with Crippen molar-refractivity contribution in [3.8, 4) is 0 Å². The quantitative estimate of drug-likeness (QED) is 0.518. The van der Waals surface area contributed by atoms with E-state index in [9.17, 15) is 0 Å². The zero-order valence-corrected chi connectivity index (χ0v) is 7.34. The number of hydrogen-bond donors (Lipinski definition) is 0. The molecule has 0 aromatic carbocycles. The molecule has 10 heavy (non-hydrogen) atoms. The Morgan fingerprint density at radius 3 is 3.10 bits per heavy atom. The Morgan fingerprint density at radius 2 is 2.60 bits per heavy atom. The first-order valence-electron chi connectivity index (χ1n) is 3.33. The van der Waals surface area contributed by atoms with Gasteiger partial charge in [-0.05, 0) is 6.42 Å². The van der Waals surface area contributed by atoms with E-state index in [1.807, 2.05) is 0 Å². The molecule has 1 rings (SSSR count). The van der Waals surface area contributed by atoms with Crippen LogP contribution in [-0.2, 0) is 9.47 Å². The molecule has 2 atom stereocenters. The number of halogens is 1. The van der Waals surface area contributed by atoms with Gasteiger partial charge in [0.15, 0.2) is 6.29 Å². The molecule has 0 N–H and O–H groups in total. The summed E-state index contributed by atoms with van der Waals surface area (Å²) in [4.78, 5) is 0.354. The van der Waals surface area contributed by atoms with Crippen molar-refractivity contribution in [1.29, 1.82) is 0 Å². The molecule has 1 aliphatic rings. The van der Waals surface area contributed by atoms with Crippen molar-refractivity contribution < 1.29 is 9.47 Å².